The lowest BCUT2D eigenvalue weighted by atomic mass is 10.2. The molecule has 4 nitrogen and oxygen atoms in total. The third-order valence-electron chi connectivity index (χ3n) is 2.42. The smallest absolute Gasteiger partial charge is 0.414 e. The Morgan fingerprint density at radius 1 is 1.47 bits per heavy atom. The molecule has 0 aromatic heterocycles. The topological polar surface area (TPSA) is 55.6 Å². The van der Waals surface area contributed by atoms with Crippen LogP contribution in [0, 0.1) is 15.2 Å². The highest BCUT2D eigenvalue weighted by molar-refractivity contribution is 14.1. The van der Waals surface area contributed by atoms with Gasteiger partial charge in [-0.2, -0.15) is 0 Å². The van der Waals surface area contributed by atoms with Crippen molar-refractivity contribution < 1.29 is 18.3 Å². The zero-order chi connectivity index (χ0) is 12.6. The maximum Gasteiger partial charge on any atom is 0.414 e. The molecule has 1 atom stereocenters. The van der Waals surface area contributed by atoms with Gasteiger partial charge in [0.1, 0.15) is 17.7 Å². The van der Waals surface area contributed by atoms with Gasteiger partial charge in [-0.3, -0.25) is 4.90 Å². The number of hydrogen-bond donors (Lipinski definition) is 1. The predicted octanol–water partition coefficient (Wildman–Crippen LogP) is 1.85. The van der Waals surface area contributed by atoms with Crippen LogP contribution in [0.5, 0.6) is 0 Å². The van der Waals surface area contributed by atoms with Crippen LogP contribution in [-0.4, -0.2) is 25.3 Å². The number of amides is 1. The molecule has 0 aliphatic carbocycles. The lowest BCUT2D eigenvalue weighted by Gasteiger charge is -2.13. The van der Waals surface area contributed by atoms with E-state index in [9.17, 15) is 13.6 Å². The van der Waals surface area contributed by atoms with E-state index >= 15 is 0 Å². The van der Waals surface area contributed by atoms with Gasteiger partial charge in [0.25, 0.3) is 0 Å². The van der Waals surface area contributed by atoms with Crippen LogP contribution in [0.2, 0.25) is 0 Å². The summed E-state index contributed by atoms with van der Waals surface area (Å²) in [5.41, 5.74) is 5.51. The summed E-state index contributed by atoms with van der Waals surface area (Å²) in [6, 6.07) is 2.20. The van der Waals surface area contributed by atoms with Crippen LogP contribution in [0.15, 0.2) is 12.1 Å². The van der Waals surface area contributed by atoms with Gasteiger partial charge >= 0.3 is 6.09 Å². The number of carbonyl (C=O) groups excluding carboxylic acids is 1. The first-order chi connectivity index (χ1) is 8.02. The molecular weight excluding hydrogens is 345 g/mol. The minimum atomic E-state index is -0.704. The van der Waals surface area contributed by atoms with Crippen LogP contribution >= 0.6 is 22.6 Å². The summed E-state index contributed by atoms with van der Waals surface area (Å²) in [4.78, 5) is 12.6. The van der Waals surface area contributed by atoms with Crippen molar-refractivity contribution in [3.63, 3.8) is 0 Å². The van der Waals surface area contributed by atoms with Crippen LogP contribution < -0.4 is 10.6 Å². The van der Waals surface area contributed by atoms with Gasteiger partial charge in [0.15, 0.2) is 0 Å². The molecule has 1 aliphatic heterocycles. The SMILES string of the molecule is NC[C@@H]1CN(c2cc(F)c(I)c(F)c2)C(=O)O1. The van der Waals surface area contributed by atoms with Crippen LogP contribution in [0.1, 0.15) is 0 Å². The Labute approximate surface area is 110 Å². The predicted molar refractivity (Wildman–Crippen MR) is 65.7 cm³/mol. The fourth-order valence-corrected chi connectivity index (χ4v) is 1.86. The van der Waals surface area contributed by atoms with Gasteiger partial charge in [0, 0.05) is 6.54 Å². The Morgan fingerprint density at radius 2 is 2.06 bits per heavy atom. The van der Waals surface area contributed by atoms with E-state index in [0.29, 0.717) is 0 Å². The molecule has 2 N–H and O–H groups in total. The van der Waals surface area contributed by atoms with Crippen LogP contribution in [-0.2, 0) is 4.74 Å². The molecular formula is C10H9F2IN2O2. The summed E-state index contributed by atoms with van der Waals surface area (Å²) < 4.78 is 31.5. The number of halogens is 3. The molecule has 0 spiro atoms. The van der Waals surface area contributed by atoms with Gasteiger partial charge in [0.2, 0.25) is 0 Å². The van der Waals surface area contributed by atoms with E-state index in [1.54, 1.807) is 22.6 Å². The average Bonchev–Trinajstić information content (AvgIpc) is 2.67. The first-order valence-electron chi connectivity index (χ1n) is 4.85. The molecule has 1 saturated heterocycles. The minimum absolute atomic E-state index is 0.103. The number of hydrogen-bond acceptors (Lipinski definition) is 3. The Hall–Kier alpha value is -0.960. The van der Waals surface area contributed by atoms with Crippen LogP contribution in [0.3, 0.4) is 0 Å². The van der Waals surface area contributed by atoms with Gasteiger partial charge < -0.3 is 10.5 Å². The number of anilines is 1. The number of benzene rings is 1. The first kappa shape index (κ1) is 12.5. The van der Waals surface area contributed by atoms with Crippen molar-refractivity contribution in [2.45, 2.75) is 6.10 Å². The average molecular weight is 354 g/mol. The van der Waals surface area contributed by atoms with E-state index in [0.717, 1.165) is 12.1 Å². The Kier molecular flexibility index (Phi) is 3.48. The van der Waals surface area contributed by atoms with Gasteiger partial charge in [-0.05, 0) is 34.7 Å². The molecule has 1 amide bonds. The van der Waals surface area contributed by atoms with E-state index in [1.807, 2.05) is 0 Å². The highest BCUT2D eigenvalue weighted by Gasteiger charge is 2.32. The van der Waals surface area contributed by atoms with E-state index < -0.39 is 23.8 Å². The molecule has 17 heavy (non-hydrogen) atoms. The third kappa shape index (κ3) is 2.34. The Morgan fingerprint density at radius 3 is 2.53 bits per heavy atom. The fraction of sp³-hybridized carbons (Fsp3) is 0.300. The minimum Gasteiger partial charge on any atom is -0.443 e. The van der Waals surface area contributed by atoms with Crippen LogP contribution in [0.4, 0.5) is 19.3 Å². The van der Waals surface area contributed by atoms with Crippen molar-refractivity contribution in [1.82, 2.24) is 0 Å². The highest BCUT2D eigenvalue weighted by Crippen LogP contribution is 2.26. The number of carbonyl (C=O) groups is 1. The number of ether oxygens (including phenoxy) is 1. The van der Waals surface area contributed by atoms with Crippen molar-refractivity contribution in [3.8, 4) is 0 Å². The fourth-order valence-electron chi connectivity index (χ4n) is 1.55. The van der Waals surface area contributed by atoms with Gasteiger partial charge in [0.05, 0.1) is 15.8 Å². The largest absolute Gasteiger partial charge is 0.443 e. The number of nitrogens with two attached hydrogens (primary N) is 1. The second-order valence-corrected chi connectivity index (χ2v) is 4.65. The van der Waals surface area contributed by atoms with Gasteiger partial charge in [-0.25, -0.2) is 13.6 Å². The molecule has 1 heterocycles. The second kappa shape index (κ2) is 4.73. The van der Waals surface area contributed by atoms with E-state index in [-0.39, 0.29) is 22.3 Å². The number of rotatable bonds is 2. The molecule has 0 radical (unpaired) electrons. The number of cyclic esters (lactones) is 1. The molecule has 1 aromatic rings. The normalized spacial score (nSPS) is 19.6. The summed E-state index contributed by atoms with van der Waals surface area (Å²) >= 11 is 1.56. The van der Waals surface area contributed by atoms with Gasteiger partial charge in [-0.15, -0.1) is 0 Å². The summed E-state index contributed by atoms with van der Waals surface area (Å²) in [6.07, 6.45) is -1.08. The maximum absolute atomic E-state index is 13.3. The van der Waals surface area contributed by atoms with Crippen molar-refractivity contribution >= 4 is 34.4 Å². The van der Waals surface area contributed by atoms with Crippen molar-refractivity contribution in [2.24, 2.45) is 5.73 Å². The lowest BCUT2D eigenvalue weighted by molar-refractivity contribution is 0.145. The molecule has 0 bridgehead atoms. The maximum atomic E-state index is 13.3. The standard InChI is InChI=1S/C10H9F2IN2O2/c11-7-1-5(2-8(12)9(7)13)15-4-6(3-14)17-10(15)16/h1-2,6H,3-4,14H2/t6-/m1/s1. The number of nitrogens with zero attached hydrogens (tertiary/aromatic N) is 1. The lowest BCUT2D eigenvalue weighted by Crippen LogP contribution is -2.27. The van der Waals surface area contributed by atoms with Crippen molar-refractivity contribution in [1.29, 1.82) is 0 Å². The quantitative estimate of drug-likeness (QED) is 0.652. The molecule has 92 valence electrons. The summed E-state index contributed by atoms with van der Waals surface area (Å²) in [5.74, 6) is -1.41. The molecule has 1 aromatic carbocycles. The zero-order valence-corrected chi connectivity index (χ0v) is 10.8. The van der Waals surface area contributed by atoms with E-state index in [4.69, 9.17) is 10.5 Å². The summed E-state index contributed by atoms with van der Waals surface area (Å²) in [7, 11) is 0. The molecule has 1 fully saturated rings. The van der Waals surface area contributed by atoms with Crippen molar-refractivity contribution in [3.05, 3.63) is 27.3 Å². The van der Waals surface area contributed by atoms with Gasteiger partial charge in [-0.1, -0.05) is 0 Å². The second-order valence-electron chi connectivity index (χ2n) is 3.58. The Bertz CT molecular complexity index is 447. The van der Waals surface area contributed by atoms with Crippen molar-refractivity contribution in [2.75, 3.05) is 18.0 Å². The zero-order valence-electron chi connectivity index (χ0n) is 8.62. The molecule has 2 rings (SSSR count). The summed E-state index contributed by atoms with van der Waals surface area (Å²) in [5, 5.41) is 0. The van der Waals surface area contributed by atoms with Crippen LogP contribution in [0.25, 0.3) is 0 Å². The summed E-state index contributed by atoms with van der Waals surface area (Å²) in [6.45, 7) is 0.381. The molecule has 1 aliphatic rings. The molecule has 0 unspecified atom stereocenters. The van der Waals surface area contributed by atoms with E-state index in [2.05, 4.69) is 0 Å². The third-order valence-corrected chi connectivity index (χ3v) is 3.45. The molecule has 0 saturated carbocycles. The Balaban J connectivity index is 2.32. The highest BCUT2D eigenvalue weighted by atomic mass is 127. The monoisotopic (exact) mass is 354 g/mol. The molecule has 7 heteroatoms. The van der Waals surface area contributed by atoms with E-state index in [1.165, 1.54) is 4.90 Å². The first-order valence-corrected chi connectivity index (χ1v) is 5.93.